The van der Waals surface area contributed by atoms with Gasteiger partial charge in [0.1, 0.15) is 47.5 Å². The second-order valence-corrected chi connectivity index (χ2v) is 26.2. The average Bonchev–Trinajstić information content (AvgIpc) is 4.07. The Labute approximate surface area is 482 Å². The van der Waals surface area contributed by atoms with Gasteiger partial charge in [-0.25, -0.2) is 9.59 Å². The normalized spacial score (nSPS) is 22.5. The number of carbonyl (C=O) groups excluding carboxylic acids is 8. The van der Waals surface area contributed by atoms with Crippen LogP contribution >= 0.6 is 0 Å². The van der Waals surface area contributed by atoms with E-state index in [4.69, 9.17) is 18.9 Å². The van der Waals surface area contributed by atoms with Crippen molar-refractivity contribution in [3.8, 4) is 0 Å². The lowest BCUT2D eigenvalue weighted by Crippen LogP contribution is -2.61. The molecule has 10 atom stereocenters. The van der Waals surface area contributed by atoms with Crippen molar-refractivity contribution in [3.05, 3.63) is 70.8 Å². The lowest BCUT2D eigenvalue weighted by atomic mass is 9.85. The number of aryl methyl sites for hydroxylation is 2. The standard InChI is InChI=1S/C60H90N8O14/c1-57(2,3)47(65-49(71)43(33-69)63-55(77)81-59(7,8)9)53(75)67-31-37(29-45(67)51(73)61-41-25-17-21-35-19-13-15-23-39(35)41)79-27-28-80-38-30-46(52(74)62-42-26-18-22-36-20-14-16-24-40(36)42)68(32-38)54(76)48(58(4,5)6)66-50(72)44(34-70)64-56(78)82-60(10,11)12/h13-16,19-20,23-24,37-38,41-48,69-70H,17-18,21-22,25-34H2,1-12H3,(H,61,73)(H,62,74)(H,63,77)(H,64,78)(H,65,71)(H,66,72)/t37-,38-,41+,42+,43-,44-,45-,46-,47+,48+/m0/s1. The molecule has 82 heavy (non-hydrogen) atoms. The van der Waals surface area contributed by atoms with E-state index < -0.39 is 131 Å². The third-order valence-corrected chi connectivity index (χ3v) is 15.0. The fraction of sp³-hybridized carbons (Fsp3) is 0.667. The zero-order valence-corrected chi connectivity index (χ0v) is 50.0. The fourth-order valence-corrected chi connectivity index (χ4v) is 11.0. The minimum Gasteiger partial charge on any atom is -0.444 e. The van der Waals surface area contributed by atoms with Crippen molar-refractivity contribution in [2.45, 2.75) is 206 Å². The summed E-state index contributed by atoms with van der Waals surface area (Å²) < 4.78 is 23.4. The highest BCUT2D eigenvalue weighted by molar-refractivity contribution is 5.96. The molecule has 0 radical (unpaired) electrons. The molecule has 0 saturated carbocycles. The summed E-state index contributed by atoms with van der Waals surface area (Å²) in [7, 11) is 0. The van der Waals surface area contributed by atoms with Crippen LogP contribution in [0.15, 0.2) is 48.5 Å². The summed E-state index contributed by atoms with van der Waals surface area (Å²) in [6.45, 7) is 18.7. The van der Waals surface area contributed by atoms with Crippen molar-refractivity contribution in [2.75, 3.05) is 39.5 Å². The van der Waals surface area contributed by atoms with Gasteiger partial charge < -0.3 is 70.9 Å². The summed E-state index contributed by atoms with van der Waals surface area (Å²) in [5, 5.41) is 37.0. The molecule has 6 rings (SSSR count). The number of fused-ring (bicyclic) bond motifs is 2. The third kappa shape index (κ3) is 17.6. The van der Waals surface area contributed by atoms with Crippen LogP contribution in [0, 0.1) is 10.8 Å². The quantitative estimate of drug-likeness (QED) is 0.0917. The molecule has 2 saturated heterocycles. The van der Waals surface area contributed by atoms with Crippen LogP contribution in [0.3, 0.4) is 0 Å². The number of ether oxygens (including phenoxy) is 4. The summed E-state index contributed by atoms with van der Waals surface area (Å²) >= 11 is 0. The van der Waals surface area contributed by atoms with Gasteiger partial charge in [0.15, 0.2) is 0 Å². The number of nitrogens with one attached hydrogen (secondary N) is 6. The van der Waals surface area contributed by atoms with Crippen molar-refractivity contribution in [2.24, 2.45) is 10.8 Å². The second-order valence-electron chi connectivity index (χ2n) is 26.2. The zero-order chi connectivity index (χ0) is 60.5. The van der Waals surface area contributed by atoms with Gasteiger partial charge in [0.05, 0.1) is 50.7 Å². The predicted octanol–water partition coefficient (Wildman–Crippen LogP) is 4.18. The predicted molar refractivity (Wildman–Crippen MR) is 304 cm³/mol. The number of nitrogens with zero attached hydrogens (tertiary/aromatic N) is 2. The van der Waals surface area contributed by atoms with Crippen molar-refractivity contribution >= 4 is 47.6 Å². The van der Waals surface area contributed by atoms with Gasteiger partial charge in [-0.2, -0.15) is 0 Å². The Hall–Kier alpha value is -6.36. The summed E-state index contributed by atoms with van der Waals surface area (Å²) in [6.07, 6.45) is 1.79. The van der Waals surface area contributed by atoms with Crippen LogP contribution in [-0.4, -0.2) is 167 Å². The van der Waals surface area contributed by atoms with Crippen molar-refractivity contribution < 1.29 is 67.5 Å². The molecule has 22 heteroatoms. The maximum Gasteiger partial charge on any atom is 0.408 e. The Morgan fingerprint density at radius 2 is 0.890 bits per heavy atom. The number of benzene rings is 2. The van der Waals surface area contributed by atoms with Gasteiger partial charge in [-0.05, 0) is 113 Å². The van der Waals surface area contributed by atoms with Crippen LogP contribution in [0.5, 0.6) is 0 Å². The van der Waals surface area contributed by atoms with E-state index in [0.717, 1.165) is 47.9 Å². The van der Waals surface area contributed by atoms with Gasteiger partial charge in [0.25, 0.3) is 0 Å². The highest BCUT2D eigenvalue weighted by atomic mass is 16.6. The summed E-state index contributed by atoms with van der Waals surface area (Å²) in [4.78, 5) is 115. The van der Waals surface area contributed by atoms with E-state index in [1.165, 1.54) is 9.80 Å². The molecule has 8 amide bonds. The number of hydrogen-bond donors (Lipinski definition) is 8. The number of alkyl carbamates (subject to hydrolysis) is 2. The van der Waals surface area contributed by atoms with E-state index in [2.05, 4.69) is 31.9 Å². The van der Waals surface area contributed by atoms with Gasteiger partial charge >= 0.3 is 12.2 Å². The number of aliphatic hydroxyl groups excluding tert-OH is 2. The first-order chi connectivity index (χ1) is 38.4. The minimum atomic E-state index is -1.46. The topological polar surface area (TPSA) is 293 Å². The summed E-state index contributed by atoms with van der Waals surface area (Å²) in [6, 6.07) is 7.79. The molecule has 0 aromatic heterocycles. The number of carbonyl (C=O) groups is 8. The number of amides is 8. The van der Waals surface area contributed by atoms with Crippen molar-refractivity contribution in [1.82, 2.24) is 41.7 Å². The van der Waals surface area contributed by atoms with Gasteiger partial charge in [0.2, 0.25) is 35.4 Å². The minimum absolute atomic E-state index is 0.0149. The molecule has 2 aromatic carbocycles. The smallest absolute Gasteiger partial charge is 0.408 e. The van der Waals surface area contributed by atoms with Gasteiger partial charge in [-0.3, -0.25) is 28.8 Å². The van der Waals surface area contributed by atoms with Crippen LogP contribution in [-0.2, 0) is 60.6 Å². The lowest BCUT2D eigenvalue weighted by molar-refractivity contribution is -0.144. The first-order valence-corrected chi connectivity index (χ1v) is 28.8. The van der Waals surface area contributed by atoms with E-state index in [1.54, 1.807) is 83.1 Å². The maximum atomic E-state index is 14.9. The average molecular weight is 1150 g/mol. The van der Waals surface area contributed by atoms with Gasteiger partial charge in [0, 0.05) is 25.9 Å². The molecule has 2 fully saturated rings. The van der Waals surface area contributed by atoms with E-state index in [1.807, 2.05) is 48.5 Å². The Kier molecular flexibility index (Phi) is 21.6. The monoisotopic (exact) mass is 1150 g/mol. The largest absolute Gasteiger partial charge is 0.444 e. The highest BCUT2D eigenvalue weighted by Crippen LogP contribution is 2.34. The lowest BCUT2D eigenvalue weighted by Gasteiger charge is -2.36. The summed E-state index contributed by atoms with van der Waals surface area (Å²) in [5.74, 6) is -3.62. The summed E-state index contributed by atoms with van der Waals surface area (Å²) in [5.41, 5.74) is 0.628. The highest BCUT2D eigenvalue weighted by Gasteiger charge is 2.48. The van der Waals surface area contributed by atoms with E-state index in [0.29, 0.717) is 12.8 Å². The van der Waals surface area contributed by atoms with Crippen LogP contribution in [0.4, 0.5) is 9.59 Å². The molecule has 454 valence electrons. The maximum absolute atomic E-state index is 14.9. The van der Waals surface area contributed by atoms with Crippen LogP contribution in [0.2, 0.25) is 0 Å². The molecule has 0 unspecified atom stereocenters. The SMILES string of the molecule is CC(C)(C)OC(=O)N[C@@H](CO)C(=O)N[C@H](C(=O)N1C[C@@H](OCCO[C@H]2C[C@@H](C(=O)N[C@@H]3CCCc4ccccc43)N(C(=O)[C@@H](NC(=O)[C@H](CO)NC(=O)OC(C)(C)C)C(C)(C)C)C2)C[C@H]1C(=O)N[C@@H]1CCCc2ccccc21)C(C)(C)C. The number of aliphatic hydroxyl groups is 2. The first kappa shape index (κ1) is 64.8. The van der Waals surface area contributed by atoms with E-state index in [-0.39, 0.29) is 51.2 Å². The van der Waals surface area contributed by atoms with Gasteiger partial charge in [-0.1, -0.05) is 90.1 Å². The Morgan fingerprint density at radius 1 is 0.537 bits per heavy atom. The Morgan fingerprint density at radius 3 is 1.22 bits per heavy atom. The molecule has 2 heterocycles. The Bertz CT molecular complexity index is 2430. The molecular weight excluding hydrogens is 1060 g/mol. The third-order valence-electron chi connectivity index (χ3n) is 15.0. The van der Waals surface area contributed by atoms with Crippen LogP contribution in [0.1, 0.15) is 156 Å². The van der Waals surface area contributed by atoms with Crippen molar-refractivity contribution in [3.63, 3.8) is 0 Å². The molecular formula is C60H90N8O14. The second kappa shape index (κ2) is 27.4. The molecule has 2 aromatic rings. The first-order valence-electron chi connectivity index (χ1n) is 28.8. The zero-order valence-electron chi connectivity index (χ0n) is 50.0. The molecule has 8 N–H and O–H groups in total. The van der Waals surface area contributed by atoms with Gasteiger partial charge in [-0.15, -0.1) is 0 Å². The van der Waals surface area contributed by atoms with Crippen molar-refractivity contribution in [1.29, 1.82) is 0 Å². The van der Waals surface area contributed by atoms with Crippen LogP contribution < -0.4 is 31.9 Å². The molecule has 0 bridgehead atoms. The number of likely N-dealkylation sites (tertiary alicyclic amines) is 2. The molecule has 4 aliphatic rings. The number of hydrogen-bond acceptors (Lipinski definition) is 14. The Balaban J connectivity index is 1.19. The fourth-order valence-electron chi connectivity index (χ4n) is 11.0. The molecule has 22 nitrogen and oxygen atoms in total. The molecule has 2 aliphatic carbocycles. The van der Waals surface area contributed by atoms with E-state index >= 15 is 0 Å². The molecule has 0 spiro atoms. The van der Waals surface area contributed by atoms with E-state index in [9.17, 15) is 48.6 Å². The number of rotatable bonds is 19. The molecule has 2 aliphatic heterocycles. The van der Waals surface area contributed by atoms with Crippen LogP contribution in [0.25, 0.3) is 0 Å².